The van der Waals surface area contributed by atoms with Gasteiger partial charge in [-0.25, -0.2) is 15.0 Å². The third-order valence-corrected chi connectivity index (χ3v) is 4.46. The van der Waals surface area contributed by atoms with E-state index >= 15 is 0 Å². The van der Waals surface area contributed by atoms with E-state index in [0.29, 0.717) is 35.0 Å². The number of rotatable bonds is 2. The van der Waals surface area contributed by atoms with Crippen molar-refractivity contribution in [3.8, 4) is 11.8 Å². The van der Waals surface area contributed by atoms with Crippen LogP contribution in [0.1, 0.15) is 18.0 Å². The lowest BCUT2D eigenvalue weighted by atomic mass is 9.90. The van der Waals surface area contributed by atoms with Crippen LogP contribution in [-0.4, -0.2) is 35.4 Å². The molecule has 0 aromatic carbocycles. The first-order valence-electron chi connectivity index (χ1n) is 8.31. The molecule has 0 spiro atoms. The van der Waals surface area contributed by atoms with Gasteiger partial charge in [-0.2, -0.15) is 0 Å². The number of hydrogen-bond donors (Lipinski definition) is 1. The molecule has 0 bridgehead atoms. The maximum atomic E-state index is 12.7. The van der Waals surface area contributed by atoms with E-state index in [1.165, 1.54) is 4.90 Å². The molecule has 4 rings (SSSR count). The van der Waals surface area contributed by atoms with Crippen LogP contribution in [0.2, 0.25) is 0 Å². The highest BCUT2D eigenvalue weighted by Gasteiger charge is 2.35. The Kier molecular flexibility index (Phi) is 4.01. The zero-order chi connectivity index (χ0) is 19.0. The fourth-order valence-corrected chi connectivity index (χ4v) is 3.09. The number of likely N-dealkylation sites (N-methyl/N-ethyl adjacent to an activating group) is 1. The van der Waals surface area contributed by atoms with E-state index < -0.39 is 5.92 Å². The standard InChI is InChI=1S/C20H16N6O/c1-22-13-6-4-7-14(10-13)24-20-23-11-17-18(25-20)15-8-3-5-12(21)9-16(15)19(27)26(17)2/h4-7,9,11,15H,1,10,21H2,2H3. The van der Waals surface area contributed by atoms with Crippen molar-refractivity contribution in [2.24, 2.45) is 15.7 Å². The number of aromatic nitrogens is 2. The zero-order valence-electron chi connectivity index (χ0n) is 14.7. The van der Waals surface area contributed by atoms with Crippen LogP contribution in [0.15, 0.2) is 63.5 Å². The topological polar surface area (TPSA) is 96.8 Å². The van der Waals surface area contributed by atoms with Crippen molar-refractivity contribution in [2.45, 2.75) is 12.3 Å². The quantitative estimate of drug-likeness (QED) is 0.647. The minimum atomic E-state index is -0.463. The number of nitrogens with two attached hydrogens (primary N) is 1. The van der Waals surface area contributed by atoms with Gasteiger partial charge in [-0.3, -0.25) is 9.79 Å². The van der Waals surface area contributed by atoms with Crippen molar-refractivity contribution in [2.75, 3.05) is 11.9 Å². The number of aliphatic imine (C=N–C) groups is 2. The zero-order valence-corrected chi connectivity index (χ0v) is 14.7. The van der Waals surface area contributed by atoms with Gasteiger partial charge in [0.1, 0.15) is 0 Å². The third-order valence-electron chi connectivity index (χ3n) is 4.46. The normalized spacial score (nSPS) is 21.9. The van der Waals surface area contributed by atoms with Gasteiger partial charge in [0.2, 0.25) is 5.95 Å². The second-order valence-electron chi connectivity index (χ2n) is 6.23. The number of nitrogens with zero attached hydrogens (tertiary/aromatic N) is 5. The number of carbonyl (C=O) groups is 1. The summed E-state index contributed by atoms with van der Waals surface area (Å²) in [7, 11) is 1.68. The highest BCUT2D eigenvalue weighted by Crippen LogP contribution is 2.38. The lowest BCUT2D eigenvalue weighted by Gasteiger charge is -2.29. The molecule has 1 aliphatic heterocycles. The van der Waals surface area contributed by atoms with E-state index in [0.717, 1.165) is 11.4 Å². The molecule has 7 heteroatoms. The lowest BCUT2D eigenvalue weighted by Crippen LogP contribution is -2.36. The number of carbonyl (C=O) groups excluding carboxylic acids is 1. The number of allylic oxidation sites excluding steroid dienone is 6. The van der Waals surface area contributed by atoms with Gasteiger partial charge in [0.15, 0.2) is 0 Å². The third kappa shape index (κ3) is 2.98. The minimum Gasteiger partial charge on any atom is -0.398 e. The summed E-state index contributed by atoms with van der Waals surface area (Å²) in [6.45, 7) is 3.55. The molecule has 0 fully saturated rings. The van der Waals surface area contributed by atoms with E-state index in [-0.39, 0.29) is 5.91 Å². The summed E-state index contributed by atoms with van der Waals surface area (Å²) in [5.41, 5.74) is 9.71. The Morgan fingerprint density at radius 2 is 2.30 bits per heavy atom. The summed E-state index contributed by atoms with van der Waals surface area (Å²) in [5, 5.41) is 0. The van der Waals surface area contributed by atoms with Crippen molar-refractivity contribution in [3.63, 3.8) is 0 Å². The number of anilines is 1. The van der Waals surface area contributed by atoms with E-state index in [4.69, 9.17) is 5.73 Å². The van der Waals surface area contributed by atoms with E-state index in [1.54, 1.807) is 25.4 Å². The Bertz CT molecular complexity index is 1080. The van der Waals surface area contributed by atoms with E-state index in [9.17, 15) is 4.79 Å². The van der Waals surface area contributed by atoms with Crippen LogP contribution in [0.4, 0.5) is 11.6 Å². The van der Waals surface area contributed by atoms with Crippen molar-refractivity contribution < 1.29 is 4.79 Å². The van der Waals surface area contributed by atoms with Crippen molar-refractivity contribution in [1.82, 2.24) is 9.97 Å². The average molecular weight is 356 g/mol. The van der Waals surface area contributed by atoms with Gasteiger partial charge < -0.3 is 10.6 Å². The maximum absolute atomic E-state index is 12.7. The van der Waals surface area contributed by atoms with Crippen LogP contribution in [0, 0.1) is 11.8 Å². The lowest BCUT2D eigenvalue weighted by molar-refractivity contribution is -0.115. The average Bonchev–Trinajstić information content (AvgIpc) is 2.88. The molecule has 0 saturated carbocycles. The van der Waals surface area contributed by atoms with Crippen molar-refractivity contribution >= 4 is 30.0 Å². The van der Waals surface area contributed by atoms with Gasteiger partial charge in [0.05, 0.1) is 29.2 Å². The van der Waals surface area contributed by atoms with Crippen LogP contribution in [0.5, 0.6) is 0 Å². The molecule has 0 saturated heterocycles. The summed E-state index contributed by atoms with van der Waals surface area (Å²) in [6.07, 6.45) is 11.0. The van der Waals surface area contributed by atoms with Crippen LogP contribution in [0.25, 0.3) is 0 Å². The number of amides is 1. The molecule has 1 aromatic rings. The SMILES string of the molecule is C=NC1=CC=CC(=Nc2ncc3c(n2)C2C#CC=C(N)C=C2C(=O)N3C)C1. The summed E-state index contributed by atoms with van der Waals surface area (Å²) < 4.78 is 0. The molecule has 132 valence electrons. The van der Waals surface area contributed by atoms with Crippen LogP contribution >= 0.6 is 0 Å². The first-order valence-corrected chi connectivity index (χ1v) is 8.31. The highest BCUT2D eigenvalue weighted by molar-refractivity contribution is 6.10. The summed E-state index contributed by atoms with van der Waals surface area (Å²) >= 11 is 0. The monoisotopic (exact) mass is 356 g/mol. The van der Waals surface area contributed by atoms with Gasteiger partial charge in [-0.1, -0.05) is 17.9 Å². The van der Waals surface area contributed by atoms with Gasteiger partial charge in [0.25, 0.3) is 5.91 Å². The molecule has 7 nitrogen and oxygen atoms in total. The molecule has 2 aliphatic carbocycles. The fraction of sp³-hybridized carbons (Fsp3) is 0.150. The van der Waals surface area contributed by atoms with Gasteiger partial charge >= 0.3 is 0 Å². The fourth-order valence-electron chi connectivity index (χ4n) is 3.09. The van der Waals surface area contributed by atoms with E-state index in [2.05, 4.69) is 38.5 Å². The van der Waals surface area contributed by atoms with Crippen molar-refractivity contribution in [3.05, 3.63) is 59.2 Å². The molecule has 3 aliphatic rings. The highest BCUT2D eigenvalue weighted by atomic mass is 16.2. The number of fused-ring (bicyclic) bond motifs is 3. The first kappa shape index (κ1) is 16.7. The second-order valence-corrected chi connectivity index (χ2v) is 6.23. The molecule has 2 N–H and O–H groups in total. The summed E-state index contributed by atoms with van der Waals surface area (Å²) in [4.78, 5) is 31.6. The predicted octanol–water partition coefficient (Wildman–Crippen LogP) is 1.94. The Labute approximate surface area is 156 Å². The molecule has 1 aromatic heterocycles. The second kappa shape index (κ2) is 6.50. The predicted molar refractivity (Wildman–Crippen MR) is 105 cm³/mol. The maximum Gasteiger partial charge on any atom is 0.255 e. The van der Waals surface area contributed by atoms with Crippen molar-refractivity contribution in [1.29, 1.82) is 0 Å². The molecule has 1 unspecified atom stereocenters. The molecule has 0 radical (unpaired) electrons. The minimum absolute atomic E-state index is 0.162. The summed E-state index contributed by atoms with van der Waals surface area (Å²) in [5.74, 6) is 5.64. The summed E-state index contributed by atoms with van der Waals surface area (Å²) in [6, 6.07) is 0. The Balaban J connectivity index is 1.78. The largest absolute Gasteiger partial charge is 0.398 e. The Morgan fingerprint density at radius 1 is 1.44 bits per heavy atom. The van der Waals surface area contributed by atoms with Crippen LogP contribution in [-0.2, 0) is 4.79 Å². The van der Waals surface area contributed by atoms with Gasteiger partial charge in [-0.15, -0.1) is 0 Å². The molecular weight excluding hydrogens is 340 g/mol. The number of hydrogen-bond acceptors (Lipinski definition) is 6. The van der Waals surface area contributed by atoms with Gasteiger partial charge in [-0.05, 0) is 24.9 Å². The molecule has 2 heterocycles. The Morgan fingerprint density at radius 3 is 3.11 bits per heavy atom. The van der Waals surface area contributed by atoms with Crippen LogP contribution in [0.3, 0.4) is 0 Å². The molecular formula is C20H16N6O. The van der Waals surface area contributed by atoms with Gasteiger partial charge in [0, 0.05) is 36.5 Å². The smallest absolute Gasteiger partial charge is 0.255 e. The first-order chi connectivity index (χ1) is 13.1. The molecule has 27 heavy (non-hydrogen) atoms. The molecule has 1 amide bonds. The van der Waals surface area contributed by atoms with Crippen LogP contribution < -0.4 is 10.6 Å². The Hall–Kier alpha value is -3.79. The van der Waals surface area contributed by atoms with E-state index in [1.807, 2.05) is 18.2 Å². The molecule has 1 atom stereocenters.